The summed E-state index contributed by atoms with van der Waals surface area (Å²) in [7, 11) is 0. The average molecular weight is 211 g/mol. The minimum absolute atomic E-state index is 0.443. The van der Waals surface area contributed by atoms with Gasteiger partial charge in [0.15, 0.2) is 0 Å². The third kappa shape index (κ3) is 1.45. The summed E-state index contributed by atoms with van der Waals surface area (Å²) in [6.07, 6.45) is 0. The molecule has 2 aromatic rings. The third-order valence-corrected chi connectivity index (χ3v) is 2.81. The van der Waals surface area contributed by atoms with Crippen molar-refractivity contribution in [1.82, 2.24) is 4.98 Å². The highest BCUT2D eigenvalue weighted by Crippen LogP contribution is 2.30. The Morgan fingerprint density at radius 3 is 2.50 bits per heavy atom. The van der Waals surface area contributed by atoms with Crippen molar-refractivity contribution < 1.29 is 0 Å². The van der Waals surface area contributed by atoms with Gasteiger partial charge in [-0.05, 0) is 25.0 Å². The van der Waals surface area contributed by atoms with E-state index in [2.05, 4.69) is 11.1 Å². The van der Waals surface area contributed by atoms with Crippen LogP contribution in [0.4, 0.5) is 5.82 Å². The molecule has 1 aromatic carbocycles. The summed E-state index contributed by atoms with van der Waals surface area (Å²) in [5, 5.41) is 8.98. The molecule has 1 aromatic heterocycles. The van der Waals surface area contributed by atoms with Gasteiger partial charge < -0.3 is 10.7 Å². The molecule has 3 nitrogen and oxygen atoms in total. The fourth-order valence-corrected chi connectivity index (χ4v) is 1.88. The van der Waals surface area contributed by atoms with Gasteiger partial charge in [-0.1, -0.05) is 24.3 Å². The van der Waals surface area contributed by atoms with Gasteiger partial charge in [0.25, 0.3) is 0 Å². The topological polar surface area (TPSA) is 65.6 Å². The van der Waals surface area contributed by atoms with E-state index in [-0.39, 0.29) is 0 Å². The number of nitrogens with one attached hydrogen (secondary N) is 1. The number of nitriles is 1. The smallest absolute Gasteiger partial charge is 0.119 e. The van der Waals surface area contributed by atoms with Crippen LogP contribution in [0.2, 0.25) is 0 Å². The van der Waals surface area contributed by atoms with E-state index in [1.165, 1.54) is 0 Å². The minimum atomic E-state index is 0.443. The van der Waals surface area contributed by atoms with Gasteiger partial charge >= 0.3 is 0 Å². The maximum absolute atomic E-state index is 8.98. The zero-order valence-electron chi connectivity index (χ0n) is 9.33. The van der Waals surface area contributed by atoms with Crippen molar-refractivity contribution in [1.29, 1.82) is 5.26 Å². The molecular weight excluding hydrogens is 198 g/mol. The Hall–Kier alpha value is -2.21. The standard InChI is InChI=1S/C13H13N3/c1-8-5-3-4-6-10(8)12-9(2)11(7-14)13(15)16-12/h3-6,16H,15H2,1-2H3. The maximum atomic E-state index is 8.98. The predicted molar refractivity (Wildman–Crippen MR) is 64.8 cm³/mol. The summed E-state index contributed by atoms with van der Waals surface area (Å²) in [5.74, 6) is 0.443. The second-order valence-electron chi connectivity index (χ2n) is 3.84. The lowest BCUT2D eigenvalue weighted by Crippen LogP contribution is -1.87. The number of nitrogens with zero attached hydrogens (tertiary/aromatic N) is 1. The largest absolute Gasteiger partial charge is 0.384 e. The zero-order chi connectivity index (χ0) is 11.7. The Balaban J connectivity index is 2.68. The second-order valence-corrected chi connectivity index (χ2v) is 3.84. The molecular formula is C13H13N3. The molecule has 3 N–H and O–H groups in total. The molecule has 1 heterocycles. The summed E-state index contributed by atoms with van der Waals surface area (Å²) >= 11 is 0. The van der Waals surface area contributed by atoms with Crippen molar-refractivity contribution in [3.63, 3.8) is 0 Å². The molecule has 2 rings (SSSR count). The lowest BCUT2D eigenvalue weighted by Gasteiger charge is -2.04. The number of aryl methyl sites for hydroxylation is 1. The maximum Gasteiger partial charge on any atom is 0.119 e. The summed E-state index contributed by atoms with van der Waals surface area (Å²) in [6.45, 7) is 3.95. The fraction of sp³-hybridized carbons (Fsp3) is 0.154. The Labute approximate surface area is 94.5 Å². The van der Waals surface area contributed by atoms with Crippen LogP contribution in [0.1, 0.15) is 16.7 Å². The fourth-order valence-electron chi connectivity index (χ4n) is 1.88. The molecule has 16 heavy (non-hydrogen) atoms. The number of hydrogen-bond donors (Lipinski definition) is 2. The first-order valence-electron chi connectivity index (χ1n) is 5.09. The number of hydrogen-bond acceptors (Lipinski definition) is 2. The molecule has 0 aliphatic carbocycles. The van der Waals surface area contributed by atoms with Gasteiger partial charge in [0.1, 0.15) is 11.9 Å². The quantitative estimate of drug-likeness (QED) is 0.761. The normalized spacial score (nSPS) is 10.1. The SMILES string of the molecule is Cc1ccccc1-c1[nH]c(N)c(C#N)c1C. The van der Waals surface area contributed by atoms with Gasteiger partial charge in [0.2, 0.25) is 0 Å². The second kappa shape index (κ2) is 3.74. The van der Waals surface area contributed by atoms with Crippen LogP contribution in [0, 0.1) is 25.2 Å². The predicted octanol–water partition coefficient (Wildman–Crippen LogP) is 2.75. The number of rotatable bonds is 1. The van der Waals surface area contributed by atoms with Crippen molar-refractivity contribution in [3.8, 4) is 17.3 Å². The summed E-state index contributed by atoms with van der Waals surface area (Å²) in [5.41, 5.74) is 10.4. The molecule has 0 aliphatic heterocycles. The number of anilines is 1. The van der Waals surface area contributed by atoms with Crippen LogP contribution in [0.15, 0.2) is 24.3 Å². The highest BCUT2D eigenvalue weighted by atomic mass is 14.9. The van der Waals surface area contributed by atoms with E-state index in [1.807, 2.05) is 38.1 Å². The molecule has 0 atom stereocenters. The van der Waals surface area contributed by atoms with Crippen LogP contribution in [-0.2, 0) is 0 Å². The summed E-state index contributed by atoms with van der Waals surface area (Å²) < 4.78 is 0. The Morgan fingerprint density at radius 2 is 1.94 bits per heavy atom. The van der Waals surface area contributed by atoms with Gasteiger partial charge in [0.05, 0.1) is 11.3 Å². The van der Waals surface area contributed by atoms with Crippen LogP contribution in [0.5, 0.6) is 0 Å². The molecule has 0 unspecified atom stereocenters. The van der Waals surface area contributed by atoms with E-state index in [4.69, 9.17) is 11.0 Å². The molecule has 3 heteroatoms. The molecule has 0 spiro atoms. The molecule has 0 amide bonds. The van der Waals surface area contributed by atoms with Crippen LogP contribution in [0.3, 0.4) is 0 Å². The molecule has 0 saturated heterocycles. The van der Waals surface area contributed by atoms with Crippen LogP contribution in [-0.4, -0.2) is 4.98 Å². The van der Waals surface area contributed by atoms with E-state index in [0.717, 1.165) is 22.4 Å². The highest BCUT2D eigenvalue weighted by Gasteiger charge is 2.13. The Bertz CT molecular complexity index is 573. The van der Waals surface area contributed by atoms with Gasteiger partial charge in [-0.3, -0.25) is 0 Å². The highest BCUT2D eigenvalue weighted by molar-refractivity contribution is 5.74. The molecule has 0 bridgehead atoms. The van der Waals surface area contributed by atoms with Crippen LogP contribution < -0.4 is 5.73 Å². The van der Waals surface area contributed by atoms with E-state index < -0.39 is 0 Å². The van der Waals surface area contributed by atoms with Crippen molar-refractivity contribution in [2.24, 2.45) is 0 Å². The Kier molecular flexibility index (Phi) is 2.41. The Morgan fingerprint density at radius 1 is 1.25 bits per heavy atom. The monoisotopic (exact) mass is 211 g/mol. The minimum Gasteiger partial charge on any atom is -0.384 e. The van der Waals surface area contributed by atoms with Crippen molar-refractivity contribution in [2.75, 3.05) is 5.73 Å². The van der Waals surface area contributed by atoms with E-state index >= 15 is 0 Å². The van der Waals surface area contributed by atoms with Crippen molar-refractivity contribution in [2.45, 2.75) is 13.8 Å². The van der Waals surface area contributed by atoms with Gasteiger partial charge in [-0.2, -0.15) is 5.26 Å². The first-order valence-corrected chi connectivity index (χ1v) is 5.09. The van der Waals surface area contributed by atoms with Gasteiger partial charge in [-0.15, -0.1) is 0 Å². The third-order valence-electron chi connectivity index (χ3n) is 2.81. The van der Waals surface area contributed by atoms with E-state index in [0.29, 0.717) is 11.4 Å². The van der Waals surface area contributed by atoms with Crippen LogP contribution >= 0.6 is 0 Å². The molecule has 0 aliphatic rings. The van der Waals surface area contributed by atoms with Crippen molar-refractivity contribution in [3.05, 3.63) is 41.0 Å². The zero-order valence-corrected chi connectivity index (χ0v) is 9.33. The van der Waals surface area contributed by atoms with E-state index in [1.54, 1.807) is 0 Å². The van der Waals surface area contributed by atoms with Gasteiger partial charge in [0, 0.05) is 5.56 Å². The lowest BCUT2D eigenvalue weighted by molar-refractivity contribution is 1.35. The molecule has 80 valence electrons. The average Bonchev–Trinajstić information content (AvgIpc) is 2.55. The lowest BCUT2D eigenvalue weighted by atomic mass is 10.0. The number of benzene rings is 1. The number of nitrogen functional groups attached to an aromatic ring is 1. The number of aromatic amines is 1. The van der Waals surface area contributed by atoms with Crippen LogP contribution in [0.25, 0.3) is 11.3 Å². The molecule has 0 radical (unpaired) electrons. The summed E-state index contributed by atoms with van der Waals surface area (Å²) in [6, 6.07) is 10.1. The first kappa shape index (κ1) is 10.3. The van der Waals surface area contributed by atoms with Gasteiger partial charge in [-0.25, -0.2) is 0 Å². The summed E-state index contributed by atoms with van der Waals surface area (Å²) in [4.78, 5) is 3.08. The first-order chi connectivity index (χ1) is 7.65. The van der Waals surface area contributed by atoms with E-state index in [9.17, 15) is 0 Å². The number of H-pyrrole nitrogens is 1. The molecule has 0 fully saturated rings. The number of aromatic nitrogens is 1. The number of nitrogens with two attached hydrogens (primary N) is 1. The van der Waals surface area contributed by atoms with Crippen molar-refractivity contribution >= 4 is 5.82 Å². The molecule has 0 saturated carbocycles.